The zero-order valence-corrected chi connectivity index (χ0v) is 11.1. The summed E-state index contributed by atoms with van der Waals surface area (Å²) in [4.78, 5) is 25.9. The second kappa shape index (κ2) is 4.78. The van der Waals surface area contributed by atoms with Crippen LogP contribution in [0.4, 0.5) is 11.5 Å². The molecule has 0 unspecified atom stereocenters. The van der Waals surface area contributed by atoms with Crippen molar-refractivity contribution in [1.82, 2.24) is 9.38 Å². The van der Waals surface area contributed by atoms with Crippen molar-refractivity contribution < 1.29 is 4.92 Å². The van der Waals surface area contributed by atoms with Crippen molar-refractivity contribution in [3.05, 3.63) is 63.2 Å². The Kier molecular flexibility index (Phi) is 2.94. The third kappa shape index (κ3) is 2.04. The minimum Gasteiger partial charge on any atom is -0.278 e. The normalized spacial score (nSPS) is 10.7. The summed E-state index contributed by atoms with van der Waals surface area (Å²) >= 11 is 0. The number of nitro benzene ring substituents is 1. The molecule has 0 aliphatic heterocycles. The van der Waals surface area contributed by atoms with E-state index in [0.717, 1.165) is 5.69 Å². The van der Waals surface area contributed by atoms with E-state index in [1.165, 1.54) is 12.1 Å². The number of hydrogen-bond acceptors (Lipinski definition) is 5. The molecule has 0 saturated carbocycles. The SMILES string of the molecule is Cc1cccc2nc(-c3cccc([N+](=O)[O-])c3)c(N=O)n12. The molecular weight excluding hydrogens is 272 g/mol. The first-order valence-electron chi connectivity index (χ1n) is 6.18. The zero-order chi connectivity index (χ0) is 15.0. The Bertz CT molecular complexity index is 870. The van der Waals surface area contributed by atoms with Gasteiger partial charge in [0.25, 0.3) is 5.69 Å². The molecule has 0 radical (unpaired) electrons. The van der Waals surface area contributed by atoms with Gasteiger partial charge in [0.05, 0.1) is 4.92 Å². The van der Waals surface area contributed by atoms with Gasteiger partial charge in [0, 0.05) is 23.4 Å². The molecule has 0 bridgehead atoms. The van der Waals surface area contributed by atoms with Gasteiger partial charge in [-0.1, -0.05) is 18.2 Å². The summed E-state index contributed by atoms with van der Waals surface area (Å²) in [7, 11) is 0. The largest absolute Gasteiger partial charge is 0.278 e. The molecule has 1 aromatic carbocycles. The fourth-order valence-electron chi connectivity index (χ4n) is 2.28. The second-order valence-electron chi connectivity index (χ2n) is 4.54. The summed E-state index contributed by atoms with van der Waals surface area (Å²) in [5, 5.41) is 13.9. The summed E-state index contributed by atoms with van der Waals surface area (Å²) in [5.41, 5.74) is 2.15. The van der Waals surface area contributed by atoms with E-state index in [9.17, 15) is 15.0 Å². The summed E-state index contributed by atoms with van der Waals surface area (Å²) in [5.74, 6) is 0.142. The molecule has 104 valence electrons. The van der Waals surface area contributed by atoms with Crippen molar-refractivity contribution in [2.45, 2.75) is 6.92 Å². The first-order valence-corrected chi connectivity index (χ1v) is 6.18. The van der Waals surface area contributed by atoms with Crippen LogP contribution in [0.5, 0.6) is 0 Å². The molecule has 0 aliphatic carbocycles. The molecule has 21 heavy (non-hydrogen) atoms. The smallest absolute Gasteiger partial charge is 0.270 e. The van der Waals surface area contributed by atoms with E-state index in [1.54, 1.807) is 22.6 Å². The van der Waals surface area contributed by atoms with Crippen molar-refractivity contribution in [3.63, 3.8) is 0 Å². The van der Waals surface area contributed by atoms with E-state index in [1.807, 2.05) is 19.1 Å². The standard InChI is InChI=1S/C14H10N4O3/c1-9-4-2-7-12-15-13(14(16-19)17(9)12)10-5-3-6-11(8-10)18(20)21/h2-8H,1H3. The molecule has 7 heteroatoms. The van der Waals surface area contributed by atoms with E-state index in [-0.39, 0.29) is 11.5 Å². The molecule has 0 spiro atoms. The predicted molar refractivity (Wildman–Crippen MR) is 77.5 cm³/mol. The first kappa shape index (κ1) is 12.9. The van der Waals surface area contributed by atoms with Gasteiger partial charge in [0.15, 0.2) is 0 Å². The van der Waals surface area contributed by atoms with Gasteiger partial charge in [-0.3, -0.25) is 14.5 Å². The molecule has 0 fully saturated rings. The quantitative estimate of drug-likeness (QED) is 0.417. The average Bonchev–Trinajstić information content (AvgIpc) is 2.87. The Morgan fingerprint density at radius 1 is 1.24 bits per heavy atom. The molecule has 3 rings (SSSR count). The van der Waals surface area contributed by atoms with Gasteiger partial charge in [0.1, 0.15) is 11.3 Å². The van der Waals surface area contributed by atoms with Crippen LogP contribution in [0, 0.1) is 21.9 Å². The minimum absolute atomic E-state index is 0.0573. The lowest BCUT2D eigenvalue weighted by molar-refractivity contribution is -0.384. The van der Waals surface area contributed by atoms with Gasteiger partial charge in [0.2, 0.25) is 5.82 Å². The predicted octanol–water partition coefficient (Wildman–Crippen LogP) is 3.62. The molecule has 2 heterocycles. The van der Waals surface area contributed by atoms with E-state index in [0.29, 0.717) is 16.9 Å². The highest BCUT2D eigenvalue weighted by atomic mass is 16.6. The molecule has 0 aliphatic rings. The van der Waals surface area contributed by atoms with Gasteiger partial charge < -0.3 is 0 Å². The lowest BCUT2D eigenvalue weighted by Crippen LogP contribution is -1.89. The van der Waals surface area contributed by atoms with Crippen LogP contribution in [0.1, 0.15) is 5.69 Å². The zero-order valence-electron chi connectivity index (χ0n) is 11.1. The molecular formula is C14H10N4O3. The van der Waals surface area contributed by atoms with Crippen LogP contribution in [-0.2, 0) is 0 Å². The molecule has 3 aromatic rings. The molecule has 0 amide bonds. The first-order chi connectivity index (χ1) is 10.1. The lowest BCUT2D eigenvalue weighted by Gasteiger charge is -2.00. The number of rotatable bonds is 3. The second-order valence-corrected chi connectivity index (χ2v) is 4.54. The number of aryl methyl sites for hydroxylation is 1. The Labute approximate surface area is 119 Å². The van der Waals surface area contributed by atoms with Crippen LogP contribution in [0.2, 0.25) is 0 Å². The van der Waals surface area contributed by atoms with Gasteiger partial charge in [-0.2, -0.15) is 0 Å². The minimum atomic E-state index is -0.488. The molecule has 0 saturated heterocycles. The van der Waals surface area contributed by atoms with Crippen LogP contribution < -0.4 is 0 Å². The Morgan fingerprint density at radius 3 is 2.71 bits per heavy atom. The molecule has 0 N–H and O–H groups in total. The fraction of sp³-hybridized carbons (Fsp3) is 0.0714. The van der Waals surface area contributed by atoms with Gasteiger partial charge in [-0.15, -0.1) is 4.91 Å². The third-order valence-electron chi connectivity index (χ3n) is 3.23. The number of non-ortho nitro benzene ring substituents is 1. The van der Waals surface area contributed by atoms with Gasteiger partial charge >= 0.3 is 0 Å². The Hall–Kier alpha value is -3.09. The number of benzene rings is 1. The average molecular weight is 282 g/mol. The maximum Gasteiger partial charge on any atom is 0.270 e. The number of aromatic nitrogens is 2. The summed E-state index contributed by atoms with van der Waals surface area (Å²) < 4.78 is 1.63. The lowest BCUT2D eigenvalue weighted by atomic mass is 10.1. The Morgan fingerprint density at radius 2 is 2.00 bits per heavy atom. The topological polar surface area (TPSA) is 89.9 Å². The third-order valence-corrected chi connectivity index (χ3v) is 3.23. The van der Waals surface area contributed by atoms with E-state index in [2.05, 4.69) is 10.2 Å². The maximum absolute atomic E-state index is 11.2. The van der Waals surface area contributed by atoms with Crippen molar-refractivity contribution in [2.24, 2.45) is 5.18 Å². The molecule has 2 aromatic heterocycles. The number of nitrogens with zero attached hydrogens (tertiary/aromatic N) is 4. The van der Waals surface area contributed by atoms with Gasteiger partial charge in [-0.05, 0) is 24.2 Å². The van der Waals surface area contributed by atoms with Crippen LogP contribution in [0.3, 0.4) is 0 Å². The van der Waals surface area contributed by atoms with E-state index in [4.69, 9.17) is 0 Å². The number of nitroso groups, excluding NO2 is 1. The number of fused-ring (bicyclic) bond motifs is 1. The maximum atomic E-state index is 11.2. The van der Waals surface area contributed by atoms with Crippen molar-refractivity contribution >= 4 is 17.2 Å². The number of imidazole rings is 1. The van der Waals surface area contributed by atoms with E-state index >= 15 is 0 Å². The summed E-state index contributed by atoms with van der Waals surface area (Å²) in [6.07, 6.45) is 0. The van der Waals surface area contributed by atoms with Gasteiger partial charge in [-0.25, -0.2) is 4.98 Å². The van der Waals surface area contributed by atoms with Crippen LogP contribution in [-0.4, -0.2) is 14.3 Å². The fourth-order valence-corrected chi connectivity index (χ4v) is 2.28. The van der Waals surface area contributed by atoms with E-state index < -0.39 is 4.92 Å². The Balaban J connectivity index is 2.30. The summed E-state index contributed by atoms with van der Waals surface area (Å²) in [6, 6.07) is 11.4. The van der Waals surface area contributed by atoms with Crippen LogP contribution in [0.25, 0.3) is 16.9 Å². The van der Waals surface area contributed by atoms with Crippen LogP contribution >= 0.6 is 0 Å². The monoisotopic (exact) mass is 282 g/mol. The molecule has 0 atom stereocenters. The van der Waals surface area contributed by atoms with Crippen molar-refractivity contribution in [2.75, 3.05) is 0 Å². The highest BCUT2D eigenvalue weighted by Crippen LogP contribution is 2.33. The van der Waals surface area contributed by atoms with Crippen molar-refractivity contribution in [1.29, 1.82) is 0 Å². The highest BCUT2D eigenvalue weighted by Gasteiger charge is 2.17. The highest BCUT2D eigenvalue weighted by molar-refractivity contribution is 5.76. The number of hydrogen-bond donors (Lipinski definition) is 0. The number of nitro groups is 1. The molecule has 7 nitrogen and oxygen atoms in total. The number of pyridine rings is 1. The van der Waals surface area contributed by atoms with Crippen LogP contribution in [0.15, 0.2) is 47.6 Å². The van der Waals surface area contributed by atoms with Crippen molar-refractivity contribution in [3.8, 4) is 11.3 Å². The summed E-state index contributed by atoms with van der Waals surface area (Å²) in [6.45, 7) is 1.83.